The second kappa shape index (κ2) is 11.1. The van der Waals surface area contributed by atoms with Crippen LogP contribution in [0, 0.1) is 24.0 Å². The highest BCUT2D eigenvalue weighted by atomic mass is 19.1. The molecule has 0 amide bonds. The lowest BCUT2D eigenvalue weighted by Gasteiger charge is -2.31. The predicted octanol–water partition coefficient (Wildman–Crippen LogP) is 5.38. The molecule has 0 aliphatic carbocycles. The molecule has 3 aliphatic heterocycles. The van der Waals surface area contributed by atoms with Crippen LogP contribution in [0.3, 0.4) is 0 Å². The van der Waals surface area contributed by atoms with Gasteiger partial charge in [-0.25, -0.2) is 13.2 Å². The van der Waals surface area contributed by atoms with E-state index in [1.807, 2.05) is 11.8 Å². The lowest BCUT2D eigenvalue weighted by molar-refractivity contribution is 0.0787. The molecule has 3 aliphatic rings. The van der Waals surface area contributed by atoms with Crippen LogP contribution in [0.15, 0.2) is 30.5 Å². The smallest absolute Gasteiger partial charge is 0.319 e. The normalized spacial score (nSPS) is 24.0. The zero-order valence-corrected chi connectivity index (χ0v) is 24.3. The fraction of sp³-hybridized carbons (Fsp3) is 0.424. The van der Waals surface area contributed by atoms with Gasteiger partial charge in [0.15, 0.2) is 5.82 Å². The molecule has 2 aromatic heterocycles. The van der Waals surface area contributed by atoms with Gasteiger partial charge in [-0.2, -0.15) is 9.97 Å². The monoisotopic (exact) mass is 603 g/mol. The Morgan fingerprint density at radius 3 is 2.91 bits per heavy atom. The number of phenols is 1. The third-order valence-electron chi connectivity index (χ3n) is 9.19. The zero-order valence-electron chi connectivity index (χ0n) is 24.3. The number of phenolic OH excluding ortho intramolecular Hbond substituents is 1. The SMILES string of the molecule is C#Cc1c(F)ccc2cc(O)cc(-c3ncc4c(N5CCOC(C)CC5)nc(OC[C@@]56CCCN5C[C@H](F)C6)nc4c3F)c12. The summed E-state index contributed by atoms with van der Waals surface area (Å²) in [7, 11) is 0. The topological polar surface area (TPSA) is 83.8 Å². The number of benzene rings is 2. The van der Waals surface area contributed by atoms with Gasteiger partial charge in [-0.05, 0) is 56.3 Å². The van der Waals surface area contributed by atoms with E-state index in [0.717, 1.165) is 25.8 Å². The minimum Gasteiger partial charge on any atom is -0.508 e. The molecule has 228 valence electrons. The van der Waals surface area contributed by atoms with E-state index < -0.39 is 23.3 Å². The summed E-state index contributed by atoms with van der Waals surface area (Å²) < 4.78 is 57.9. The molecule has 0 radical (unpaired) electrons. The number of ether oxygens (including phenoxy) is 2. The summed E-state index contributed by atoms with van der Waals surface area (Å²) in [6.45, 7) is 4.95. The van der Waals surface area contributed by atoms with Gasteiger partial charge in [0.1, 0.15) is 41.4 Å². The first kappa shape index (κ1) is 28.6. The van der Waals surface area contributed by atoms with E-state index >= 15 is 4.39 Å². The highest BCUT2D eigenvalue weighted by Gasteiger charge is 2.49. The van der Waals surface area contributed by atoms with Crippen molar-refractivity contribution in [3.8, 4) is 35.4 Å². The van der Waals surface area contributed by atoms with E-state index in [9.17, 15) is 13.9 Å². The third kappa shape index (κ3) is 4.86. The van der Waals surface area contributed by atoms with Crippen LogP contribution in [0.2, 0.25) is 0 Å². The Hall–Kier alpha value is -4.14. The van der Waals surface area contributed by atoms with E-state index in [4.69, 9.17) is 20.9 Å². The van der Waals surface area contributed by atoms with Crippen molar-refractivity contribution in [3.63, 3.8) is 0 Å². The summed E-state index contributed by atoms with van der Waals surface area (Å²) in [5, 5.41) is 11.5. The molecule has 3 saturated heterocycles. The van der Waals surface area contributed by atoms with Gasteiger partial charge in [0.25, 0.3) is 0 Å². The Morgan fingerprint density at radius 1 is 1.20 bits per heavy atom. The predicted molar refractivity (Wildman–Crippen MR) is 161 cm³/mol. The number of aromatic nitrogens is 3. The molecule has 4 aromatic rings. The van der Waals surface area contributed by atoms with Crippen molar-refractivity contribution in [1.29, 1.82) is 0 Å². The van der Waals surface area contributed by atoms with Gasteiger partial charge >= 0.3 is 6.01 Å². The molecule has 7 rings (SSSR count). The van der Waals surface area contributed by atoms with Gasteiger partial charge in [-0.1, -0.05) is 12.0 Å². The largest absolute Gasteiger partial charge is 0.508 e. The summed E-state index contributed by atoms with van der Waals surface area (Å²) in [6.07, 6.45) is 9.13. The van der Waals surface area contributed by atoms with Crippen LogP contribution >= 0.6 is 0 Å². The molecule has 3 atom stereocenters. The minimum atomic E-state index is -0.924. The molecule has 11 heteroatoms. The molecule has 5 heterocycles. The number of nitrogens with zero attached hydrogens (tertiary/aromatic N) is 5. The van der Waals surface area contributed by atoms with Crippen molar-refractivity contribution in [3.05, 3.63) is 47.7 Å². The van der Waals surface area contributed by atoms with E-state index in [0.29, 0.717) is 49.3 Å². The number of hydrogen-bond acceptors (Lipinski definition) is 8. The number of aromatic hydroxyl groups is 1. The van der Waals surface area contributed by atoms with E-state index in [1.165, 1.54) is 30.5 Å². The number of rotatable bonds is 5. The number of terminal acetylenes is 1. The van der Waals surface area contributed by atoms with Crippen LogP contribution < -0.4 is 9.64 Å². The van der Waals surface area contributed by atoms with Crippen LogP contribution in [-0.4, -0.2) is 82.2 Å². The highest BCUT2D eigenvalue weighted by Crippen LogP contribution is 2.41. The molecule has 0 bridgehead atoms. The maximum Gasteiger partial charge on any atom is 0.319 e. The number of hydrogen-bond donors (Lipinski definition) is 1. The molecule has 1 N–H and O–H groups in total. The number of halogens is 3. The molecule has 0 spiro atoms. The zero-order chi connectivity index (χ0) is 30.6. The molecular weight excluding hydrogens is 571 g/mol. The van der Waals surface area contributed by atoms with E-state index in [-0.39, 0.29) is 52.2 Å². The van der Waals surface area contributed by atoms with Crippen molar-refractivity contribution in [1.82, 2.24) is 19.9 Å². The number of pyridine rings is 1. The van der Waals surface area contributed by atoms with Gasteiger partial charge in [-0.15, -0.1) is 6.42 Å². The Bertz CT molecular complexity index is 1810. The van der Waals surface area contributed by atoms with Crippen molar-refractivity contribution in [2.45, 2.75) is 50.4 Å². The maximum atomic E-state index is 16.7. The first-order valence-corrected chi connectivity index (χ1v) is 14.9. The van der Waals surface area contributed by atoms with Crippen LogP contribution in [0.1, 0.15) is 38.2 Å². The molecular formula is C33H32F3N5O3. The summed E-state index contributed by atoms with van der Waals surface area (Å²) >= 11 is 0. The first-order valence-electron chi connectivity index (χ1n) is 14.9. The summed E-state index contributed by atoms with van der Waals surface area (Å²) in [5.74, 6) is 1.22. The Labute approximate surface area is 252 Å². The fourth-order valence-corrected chi connectivity index (χ4v) is 7.02. The number of anilines is 1. The maximum absolute atomic E-state index is 16.7. The van der Waals surface area contributed by atoms with Crippen LogP contribution in [0.25, 0.3) is 32.9 Å². The van der Waals surface area contributed by atoms with Gasteiger partial charge < -0.3 is 19.5 Å². The summed E-state index contributed by atoms with van der Waals surface area (Å²) in [6, 6.07) is 5.40. The van der Waals surface area contributed by atoms with Crippen LogP contribution in [0.4, 0.5) is 19.0 Å². The minimum absolute atomic E-state index is 0.0265. The average molecular weight is 604 g/mol. The van der Waals surface area contributed by atoms with E-state index in [2.05, 4.69) is 20.8 Å². The lowest BCUT2D eigenvalue weighted by atomic mass is 9.95. The molecule has 0 saturated carbocycles. The quantitative estimate of drug-likeness (QED) is 0.305. The average Bonchev–Trinajstić information content (AvgIpc) is 3.44. The second-order valence-corrected chi connectivity index (χ2v) is 12.0. The molecule has 1 unspecified atom stereocenters. The summed E-state index contributed by atoms with van der Waals surface area (Å²) in [4.78, 5) is 17.8. The third-order valence-corrected chi connectivity index (χ3v) is 9.19. The lowest BCUT2D eigenvalue weighted by Crippen LogP contribution is -2.43. The van der Waals surface area contributed by atoms with Crippen molar-refractivity contribution in [2.24, 2.45) is 0 Å². The van der Waals surface area contributed by atoms with Crippen molar-refractivity contribution < 1.29 is 27.8 Å². The standard InChI is InChI=1S/C33H32F3N5O3/c1-3-23-26(35)6-5-20-13-22(42)14-24(27(20)23)29-28(36)30-25(16-37-29)31(40-10-7-19(2)43-12-11-40)39-32(38-30)44-18-33-8-4-9-41(33)17-21(34)15-33/h1,5-6,13-14,16,19,21,42H,4,7-12,15,17-18H2,2H3/t19?,21-,33+/m1/s1. The van der Waals surface area contributed by atoms with Gasteiger partial charge in [0, 0.05) is 43.2 Å². The van der Waals surface area contributed by atoms with Gasteiger partial charge in [0.2, 0.25) is 0 Å². The molecule has 44 heavy (non-hydrogen) atoms. The number of alkyl halides is 1. The van der Waals surface area contributed by atoms with E-state index in [1.54, 1.807) is 0 Å². The van der Waals surface area contributed by atoms with Gasteiger partial charge in [0.05, 0.1) is 29.2 Å². The number of fused-ring (bicyclic) bond motifs is 3. The van der Waals surface area contributed by atoms with Crippen molar-refractivity contribution >= 4 is 27.5 Å². The Kier molecular flexibility index (Phi) is 7.22. The molecule has 2 aromatic carbocycles. The molecule has 8 nitrogen and oxygen atoms in total. The summed E-state index contributed by atoms with van der Waals surface area (Å²) in [5.41, 5.74) is -0.568. The molecule has 3 fully saturated rings. The van der Waals surface area contributed by atoms with Gasteiger partial charge in [-0.3, -0.25) is 9.88 Å². The highest BCUT2D eigenvalue weighted by molar-refractivity contribution is 6.03. The fourth-order valence-electron chi connectivity index (χ4n) is 7.02. The first-order chi connectivity index (χ1) is 21.3. The van der Waals surface area contributed by atoms with Crippen molar-refractivity contribution in [2.75, 3.05) is 44.3 Å². The second-order valence-electron chi connectivity index (χ2n) is 12.0. The van der Waals surface area contributed by atoms with Crippen LogP contribution in [-0.2, 0) is 4.74 Å². The Balaban J connectivity index is 1.38. The Morgan fingerprint density at radius 2 is 2.07 bits per heavy atom. The van der Waals surface area contributed by atoms with Crippen LogP contribution in [0.5, 0.6) is 11.8 Å².